The molecule has 0 aromatic rings. The van der Waals surface area contributed by atoms with E-state index < -0.39 is 6.17 Å². The van der Waals surface area contributed by atoms with Crippen molar-refractivity contribution in [3.05, 3.63) is 0 Å². The van der Waals surface area contributed by atoms with Crippen LogP contribution in [0.2, 0.25) is 0 Å². The minimum atomic E-state index is -0.883. The molecular weight excluding hydrogens is 163 g/mol. The van der Waals surface area contributed by atoms with Crippen molar-refractivity contribution < 1.29 is 14.0 Å². The van der Waals surface area contributed by atoms with Crippen molar-refractivity contribution in [2.75, 3.05) is 19.6 Å². The maximum atomic E-state index is 12.2. The van der Waals surface area contributed by atoms with E-state index in [4.69, 9.17) is 0 Å². The van der Waals surface area contributed by atoms with Crippen molar-refractivity contribution in [1.29, 1.82) is 0 Å². The molecule has 1 aliphatic heterocycles. The van der Waals surface area contributed by atoms with Crippen molar-refractivity contribution in [2.24, 2.45) is 0 Å². The smallest absolute Gasteiger partial charge is 0.242 e. The van der Waals surface area contributed by atoms with Gasteiger partial charge in [0.05, 0.1) is 19.6 Å². The summed E-state index contributed by atoms with van der Waals surface area (Å²) in [6.45, 7) is 1.64. The molecule has 0 saturated carbocycles. The Balaban J connectivity index is 2.17. The fraction of sp³-hybridized carbons (Fsp3) is 0.714. The van der Waals surface area contributed by atoms with Gasteiger partial charge in [-0.1, -0.05) is 0 Å². The normalized spacial score (nSPS) is 17.0. The second-order valence-electron chi connectivity index (χ2n) is 2.81. The number of carbonyl (C=O) groups excluding carboxylic acids is 2. The molecule has 4 nitrogen and oxygen atoms in total. The number of likely N-dealkylation sites (tertiary alicyclic amines) is 1. The molecule has 0 aromatic heterocycles. The molecule has 0 aliphatic carbocycles. The number of rotatable bonds is 2. The van der Waals surface area contributed by atoms with Gasteiger partial charge in [-0.25, -0.2) is 4.39 Å². The summed E-state index contributed by atoms with van der Waals surface area (Å²) in [5.41, 5.74) is 0. The maximum absolute atomic E-state index is 12.2. The number of nitrogens with one attached hydrogen (secondary N) is 1. The van der Waals surface area contributed by atoms with Crippen molar-refractivity contribution in [2.45, 2.75) is 13.1 Å². The molecule has 0 radical (unpaired) electrons. The number of nitrogens with zero attached hydrogens (tertiary/aromatic N) is 1. The lowest BCUT2D eigenvalue weighted by Crippen LogP contribution is -2.54. The maximum Gasteiger partial charge on any atom is 0.242 e. The minimum absolute atomic E-state index is 0.0257. The molecule has 2 amide bonds. The fourth-order valence-corrected chi connectivity index (χ4v) is 0.940. The molecule has 0 unspecified atom stereocenters. The van der Waals surface area contributed by atoms with Gasteiger partial charge < -0.3 is 10.2 Å². The van der Waals surface area contributed by atoms with E-state index in [1.165, 1.54) is 11.8 Å². The zero-order valence-electron chi connectivity index (χ0n) is 6.84. The third-order valence-electron chi connectivity index (χ3n) is 1.68. The largest absolute Gasteiger partial charge is 0.347 e. The topological polar surface area (TPSA) is 49.4 Å². The van der Waals surface area contributed by atoms with Crippen molar-refractivity contribution in [3.63, 3.8) is 0 Å². The Labute approximate surface area is 69.7 Å². The van der Waals surface area contributed by atoms with E-state index in [9.17, 15) is 14.0 Å². The van der Waals surface area contributed by atoms with Gasteiger partial charge in [0.15, 0.2) is 0 Å². The summed E-state index contributed by atoms with van der Waals surface area (Å²) in [5.74, 6) is -0.472. The fourth-order valence-electron chi connectivity index (χ4n) is 0.940. The summed E-state index contributed by atoms with van der Waals surface area (Å²) in [6, 6.07) is 0. The van der Waals surface area contributed by atoms with Gasteiger partial charge in [0, 0.05) is 6.92 Å². The molecule has 1 heterocycles. The molecular formula is C7H11FN2O2. The lowest BCUT2D eigenvalue weighted by Gasteiger charge is -2.34. The molecule has 1 fully saturated rings. The first-order valence-electron chi connectivity index (χ1n) is 3.76. The number of amides is 2. The van der Waals surface area contributed by atoms with Gasteiger partial charge in [0.2, 0.25) is 11.8 Å². The van der Waals surface area contributed by atoms with Crippen molar-refractivity contribution >= 4 is 11.8 Å². The summed E-state index contributed by atoms with van der Waals surface area (Å²) in [5, 5.41) is 2.36. The van der Waals surface area contributed by atoms with Gasteiger partial charge >= 0.3 is 0 Å². The third-order valence-corrected chi connectivity index (χ3v) is 1.68. The number of halogens is 1. The van der Waals surface area contributed by atoms with E-state index in [2.05, 4.69) is 5.32 Å². The SMILES string of the molecule is CC(=O)NCC(=O)N1CC(F)C1. The molecule has 1 aliphatic rings. The summed E-state index contributed by atoms with van der Waals surface area (Å²) >= 11 is 0. The Bertz CT molecular complexity index is 202. The average Bonchev–Trinajstić information content (AvgIpc) is 1.94. The Morgan fingerprint density at radius 2 is 2.17 bits per heavy atom. The summed E-state index contributed by atoms with van der Waals surface area (Å²) in [7, 11) is 0. The lowest BCUT2D eigenvalue weighted by atomic mass is 10.2. The zero-order chi connectivity index (χ0) is 9.14. The predicted octanol–water partition coefficient (Wildman–Crippen LogP) is -0.697. The Morgan fingerprint density at radius 1 is 1.58 bits per heavy atom. The van der Waals surface area contributed by atoms with Crippen LogP contribution < -0.4 is 5.32 Å². The van der Waals surface area contributed by atoms with Gasteiger partial charge in [0.25, 0.3) is 0 Å². The summed E-state index contributed by atoms with van der Waals surface area (Å²) in [4.78, 5) is 22.8. The van der Waals surface area contributed by atoms with E-state index in [0.717, 1.165) is 0 Å². The van der Waals surface area contributed by atoms with E-state index in [-0.39, 0.29) is 31.4 Å². The van der Waals surface area contributed by atoms with E-state index in [1.54, 1.807) is 0 Å². The molecule has 0 aromatic carbocycles. The lowest BCUT2D eigenvalue weighted by molar-refractivity contribution is -0.138. The van der Waals surface area contributed by atoms with Crippen LogP contribution in [0.4, 0.5) is 4.39 Å². The average molecular weight is 174 g/mol. The van der Waals surface area contributed by atoms with Crippen molar-refractivity contribution in [1.82, 2.24) is 10.2 Å². The molecule has 1 N–H and O–H groups in total. The van der Waals surface area contributed by atoms with Crippen LogP contribution in [0.3, 0.4) is 0 Å². The molecule has 0 bridgehead atoms. The Morgan fingerprint density at radius 3 is 2.58 bits per heavy atom. The van der Waals surface area contributed by atoms with Crippen LogP contribution in [0.25, 0.3) is 0 Å². The second-order valence-corrected chi connectivity index (χ2v) is 2.81. The quantitative estimate of drug-likeness (QED) is 0.602. The summed E-state index contributed by atoms with van der Waals surface area (Å²) < 4.78 is 12.2. The number of hydrogen-bond acceptors (Lipinski definition) is 2. The first-order valence-corrected chi connectivity index (χ1v) is 3.76. The molecule has 0 atom stereocenters. The van der Waals surface area contributed by atoms with Gasteiger partial charge in [-0.15, -0.1) is 0 Å². The van der Waals surface area contributed by atoms with E-state index >= 15 is 0 Å². The van der Waals surface area contributed by atoms with Gasteiger partial charge in [0.1, 0.15) is 6.17 Å². The monoisotopic (exact) mass is 174 g/mol. The second kappa shape index (κ2) is 3.51. The highest BCUT2D eigenvalue weighted by molar-refractivity contribution is 5.84. The first kappa shape index (κ1) is 8.96. The van der Waals surface area contributed by atoms with Crippen LogP contribution in [0.15, 0.2) is 0 Å². The van der Waals surface area contributed by atoms with Gasteiger partial charge in [-0.3, -0.25) is 9.59 Å². The first-order chi connectivity index (χ1) is 5.59. The van der Waals surface area contributed by atoms with Crippen LogP contribution in [-0.4, -0.2) is 42.5 Å². The van der Waals surface area contributed by atoms with Crippen LogP contribution in [-0.2, 0) is 9.59 Å². The molecule has 0 spiro atoms. The van der Waals surface area contributed by atoms with Crippen LogP contribution in [0, 0.1) is 0 Å². The highest BCUT2D eigenvalue weighted by Gasteiger charge is 2.29. The van der Waals surface area contributed by atoms with Gasteiger partial charge in [-0.2, -0.15) is 0 Å². The summed E-state index contributed by atoms with van der Waals surface area (Å²) in [6.07, 6.45) is -0.883. The number of alkyl halides is 1. The highest BCUT2D eigenvalue weighted by atomic mass is 19.1. The minimum Gasteiger partial charge on any atom is -0.347 e. The number of hydrogen-bond donors (Lipinski definition) is 1. The molecule has 1 saturated heterocycles. The van der Waals surface area contributed by atoms with Crippen molar-refractivity contribution in [3.8, 4) is 0 Å². The van der Waals surface area contributed by atoms with E-state index in [1.807, 2.05) is 0 Å². The van der Waals surface area contributed by atoms with Crippen LogP contribution in [0.1, 0.15) is 6.92 Å². The molecule has 68 valence electrons. The molecule has 12 heavy (non-hydrogen) atoms. The van der Waals surface area contributed by atoms with Crippen LogP contribution >= 0.6 is 0 Å². The van der Waals surface area contributed by atoms with Gasteiger partial charge in [-0.05, 0) is 0 Å². The molecule has 5 heteroatoms. The standard InChI is InChI=1S/C7H11FN2O2/c1-5(11)9-2-7(12)10-3-6(8)4-10/h6H,2-4H2,1H3,(H,9,11). The Hall–Kier alpha value is -1.13. The number of carbonyl (C=O) groups is 2. The zero-order valence-corrected chi connectivity index (χ0v) is 6.84. The van der Waals surface area contributed by atoms with Crippen LogP contribution in [0.5, 0.6) is 0 Å². The Kier molecular flexibility index (Phi) is 2.62. The third kappa shape index (κ3) is 2.18. The molecule has 1 rings (SSSR count). The van der Waals surface area contributed by atoms with E-state index in [0.29, 0.717) is 0 Å². The highest BCUT2D eigenvalue weighted by Crippen LogP contribution is 2.10. The predicted molar refractivity (Wildman–Crippen MR) is 40.2 cm³/mol.